The number of aliphatic carboxylic acids is 1. The summed E-state index contributed by atoms with van der Waals surface area (Å²) < 4.78 is 27.3. The Morgan fingerprint density at radius 1 is 1.44 bits per heavy atom. The second-order valence-electron chi connectivity index (χ2n) is 4.62. The molecular weight excluding hydrogens is 260 g/mol. The van der Waals surface area contributed by atoms with Crippen molar-refractivity contribution in [2.75, 3.05) is 19.6 Å². The molecule has 8 heteroatoms. The number of carboxylic acid groups (broad SMARTS) is 1. The molecule has 0 aromatic heterocycles. The van der Waals surface area contributed by atoms with Crippen molar-refractivity contribution >= 4 is 16.2 Å². The second-order valence-corrected chi connectivity index (χ2v) is 6.38. The van der Waals surface area contributed by atoms with E-state index in [1.54, 1.807) is 0 Å². The van der Waals surface area contributed by atoms with Crippen LogP contribution < -0.4 is 4.72 Å². The molecule has 0 saturated carbocycles. The molecule has 18 heavy (non-hydrogen) atoms. The topological polar surface area (TPSA) is 107 Å². The molecule has 0 spiro atoms. The quantitative estimate of drug-likeness (QED) is 0.601. The van der Waals surface area contributed by atoms with Gasteiger partial charge in [0, 0.05) is 19.6 Å². The van der Waals surface area contributed by atoms with Crippen molar-refractivity contribution in [2.24, 2.45) is 5.92 Å². The maximum atomic E-state index is 11.8. The summed E-state index contributed by atoms with van der Waals surface area (Å²) in [6, 6.07) is 0. The van der Waals surface area contributed by atoms with Gasteiger partial charge in [0.2, 0.25) is 0 Å². The molecular formula is C10H20N2O5S. The minimum Gasteiger partial charge on any atom is -0.479 e. The van der Waals surface area contributed by atoms with Crippen LogP contribution in [0.2, 0.25) is 0 Å². The normalized spacial score (nSPS) is 20.8. The van der Waals surface area contributed by atoms with Crippen LogP contribution in [0, 0.1) is 5.92 Å². The Morgan fingerprint density at radius 2 is 2.00 bits per heavy atom. The summed E-state index contributed by atoms with van der Waals surface area (Å²) >= 11 is 0. The Bertz CT molecular complexity index is 376. The van der Waals surface area contributed by atoms with Crippen LogP contribution in [-0.4, -0.2) is 54.6 Å². The monoisotopic (exact) mass is 280 g/mol. The molecule has 0 radical (unpaired) electrons. The summed E-state index contributed by atoms with van der Waals surface area (Å²) in [6.07, 6.45) is -0.00932. The molecule has 0 aliphatic carbocycles. The minimum atomic E-state index is -3.55. The maximum absolute atomic E-state index is 11.8. The van der Waals surface area contributed by atoms with E-state index in [-0.39, 0.29) is 13.0 Å². The van der Waals surface area contributed by atoms with Crippen molar-refractivity contribution in [1.29, 1.82) is 0 Å². The summed E-state index contributed by atoms with van der Waals surface area (Å²) in [5.41, 5.74) is 0. The summed E-state index contributed by atoms with van der Waals surface area (Å²) in [7, 11) is -3.55. The summed E-state index contributed by atoms with van der Waals surface area (Å²) in [4.78, 5) is 10.4. The van der Waals surface area contributed by atoms with Crippen molar-refractivity contribution in [3.8, 4) is 0 Å². The highest BCUT2D eigenvalue weighted by Gasteiger charge is 2.26. The first-order chi connectivity index (χ1) is 8.33. The van der Waals surface area contributed by atoms with Gasteiger partial charge in [-0.05, 0) is 25.2 Å². The van der Waals surface area contributed by atoms with Gasteiger partial charge < -0.3 is 10.2 Å². The second kappa shape index (κ2) is 6.46. The molecule has 0 bridgehead atoms. The Kier molecular flexibility index (Phi) is 5.51. The lowest BCUT2D eigenvalue weighted by molar-refractivity contribution is -0.146. The van der Waals surface area contributed by atoms with Gasteiger partial charge in [-0.2, -0.15) is 12.7 Å². The van der Waals surface area contributed by atoms with E-state index >= 15 is 0 Å². The van der Waals surface area contributed by atoms with E-state index in [0.29, 0.717) is 19.0 Å². The number of hydrogen-bond acceptors (Lipinski definition) is 4. The first-order valence-corrected chi connectivity index (χ1v) is 7.42. The zero-order valence-electron chi connectivity index (χ0n) is 10.4. The first-order valence-electron chi connectivity index (χ1n) is 5.98. The van der Waals surface area contributed by atoms with Crippen molar-refractivity contribution < 1.29 is 23.4 Å². The molecule has 0 aromatic rings. The van der Waals surface area contributed by atoms with Crippen molar-refractivity contribution in [1.82, 2.24) is 9.03 Å². The Morgan fingerprint density at radius 3 is 2.50 bits per heavy atom. The zero-order valence-corrected chi connectivity index (χ0v) is 11.2. The number of nitrogens with one attached hydrogen (secondary N) is 1. The molecule has 1 saturated heterocycles. The zero-order chi connectivity index (χ0) is 13.8. The highest BCUT2D eigenvalue weighted by molar-refractivity contribution is 7.87. The molecule has 1 unspecified atom stereocenters. The molecule has 0 aromatic carbocycles. The van der Waals surface area contributed by atoms with E-state index < -0.39 is 22.3 Å². The molecule has 1 atom stereocenters. The third-order valence-corrected chi connectivity index (χ3v) is 4.68. The number of aliphatic hydroxyl groups excluding tert-OH is 1. The van der Waals surface area contributed by atoms with Gasteiger partial charge in [0.05, 0.1) is 0 Å². The molecule has 7 nitrogen and oxygen atoms in total. The summed E-state index contributed by atoms with van der Waals surface area (Å²) in [5, 5.41) is 17.5. The van der Waals surface area contributed by atoms with E-state index in [4.69, 9.17) is 10.2 Å². The van der Waals surface area contributed by atoms with E-state index in [0.717, 1.165) is 12.8 Å². The average molecular weight is 280 g/mol. The van der Waals surface area contributed by atoms with E-state index in [2.05, 4.69) is 11.6 Å². The Hall–Kier alpha value is -0.700. The molecule has 1 heterocycles. The molecule has 1 aliphatic heterocycles. The van der Waals surface area contributed by atoms with Gasteiger partial charge in [0.1, 0.15) is 0 Å². The predicted molar refractivity (Wildman–Crippen MR) is 65.2 cm³/mol. The van der Waals surface area contributed by atoms with Gasteiger partial charge in [0.25, 0.3) is 10.2 Å². The number of hydrogen-bond donors (Lipinski definition) is 3. The Labute approximate surface area is 107 Å². The highest BCUT2D eigenvalue weighted by atomic mass is 32.2. The number of rotatable bonds is 6. The number of piperidine rings is 1. The van der Waals surface area contributed by atoms with E-state index in [1.807, 2.05) is 0 Å². The van der Waals surface area contributed by atoms with Crippen molar-refractivity contribution in [3.63, 3.8) is 0 Å². The lowest BCUT2D eigenvalue weighted by Gasteiger charge is -2.29. The van der Waals surface area contributed by atoms with E-state index in [1.165, 1.54) is 4.31 Å². The van der Waals surface area contributed by atoms with Crippen molar-refractivity contribution in [2.45, 2.75) is 32.3 Å². The molecule has 106 valence electrons. The predicted octanol–water partition coefficient (Wildman–Crippen LogP) is -0.612. The van der Waals surface area contributed by atoms with Crippen LogP contribution in [0.3, 0.4) is 0 Å². The smallest absolute Gasteiger partial charge is 0.332 e. The van der Waals surface area contributed by atoms with Gasteiger partial charge >= 0.3 is 5.97 Å². The molecule has 1 aliphatic rings. The molecule has 1 fully saturated rings. The maximum Gasteiger partial charge on any atom is 0.332 e. The summed E-state index contributed by atoms with van der Waals surface area (Å²) in [5.74, 6) is -0.814. The number of aliphatic hydroxyl groups is 1. The van der Waals surface area contributed by atoms with Crippen LogP contribution in [0.1, 0.15) is 26.2 Å². The van der Waals surface area contributed by atoms with Crippen LogP contribution in [-0.2, 0) is 15.0 Å². The summed E-state index contributed by atoms with van der Waals surface area (Å²) in [6.45, 7) is 2.97. The van der Waals surface area contributed by atoms with Gasteiger partial charge in [-0.3, -0.25) is 0 Å². The third-order valence-electron chi connectivity index (χ3n) is 3.07. The lowest BCUT2D eigenvalue weighted by Crippen LogP contribution is -2.45. The van der Waals surface area contributed by atoms with Crippen LogP contribution in [0.25, 0.3) is 0 Å². The van der Waals surface area contributed by atoms with Gasteiger partial charge in [-0.1, -0.05) is 6.92 Å². The number of carboxylic acids is 1. The van der Waals surface area contributed by atoms with Gasteiger partial charge in [0.15, 0.2) is 6.10 Å². The number of carbonyl (C=O) groups is 1. The van der Waals surface area contributed by atoms with Crippen LogP contribution in [0.4, 0.5) is 0 Å². The van der Waals surface area contributed by atoms with Crippen LogP contribution >= 0.6 is 0 Å². The molecule has 3 N–H and O–H groups in total. The largest absolute Gasteiger partial charge is 0.479 e. The fraction of sp³-hybridized carbons (Fsp3) is 0.900. The van der Waals surface area contributed by atoms with Crippen LogP contribution in [0.15, 0.2) is 0 Å². The fourth-order valence-corrected chi connectivity index (χ4v) is 3.01. The minimum absolute atomic E-state index is 0.0815. The average Bonchev–Trinajstić information content (AvgIpc) is 2.29. The SMILES string of the molecule is CC1CCN(S(=O)(=O)NCCC(O)C(=O)O)CC1. The number of nitrogens with zero attached hydrogens (tertiary/aromatic N) is 1. The highest BCUT2D eigenvalue weighted by Crippen LogP contribution is 2.17. The standard InChI is InChI=1S/C10H20N2O5S/c1-8-3-6-12(7-4-8)18(16,17)11-5-2-9(13)10(14)15/h8-9,11,13H,2-7H2,1H3,(H,14,15). The molecule has 1 rings (SSSR count). The van der Waals surface area contributed by atoms with Gasteiger partial charge in [-0.25, -0.2) is 9.52 Å². The van der Waals surface area contributed by atoms with Gasteiger partial charge in [-0.15, -0.1) is 0 Å². The fourth-order valence-electron chi connectivity index (χ4n) is 1.76. The first kappa shape index (κ1) is 15.4. The molecule has 0 amide bonds. The third kappa shape index (κ3) is 4.52. The Balaban J connectivity index is 2.38. The van der Waals surface area contributed by atoms with Crippen LogP contribution in [0.5, 0.6) is 0 Å². The van der Waals surface area contributed by atoms with Crippen molar-refractivity contribution in [3.05, 3.63) is 0 Å². The lowest BCUT2D eigenvalue weighted by atomic mass is 10.0. The van der Waals surface area contributed by atoms with E-state index in [9.17, 15) is 13.2 Å².